The molecule has 0 unspecified atom stereocenters. The van der Waals surface area contributed by atoms with Crippen LogP contribution in [0, 0.1) is 0 Å². The fraction of sp³-hybridized carbons (Fsp3) is 0.429. The molecular formula is C14H16N2O2S. The second kappa shape index (κ2) is 5.67. The van der Waals surface area contributed by atoms with Crippen LogP contribution in [0.2, 0.25) is 0 Å². The quantitative estimate of drug-likeness (QED) is 0.813. The molecule has 0 radical (unpaired) electrons. The molecule has 5 heteroatoms. The number of methoxy groups -OCH3 is 1. The lowest BCUT2D eigenvalue weighted by molar-refractivity contribution is 0.184. The van der Waals surface area contributed by atoms with Crippen LogP contribution in [0.25, 0.3) is 0 Å². The fourth-order valence-electron chi connectivity index (χ4n) is 1.88. The lowest BCUT2D eigenvalue weighted by atomic mass is 10.2. The van der Waals surface area contributed by atoms with E-state index < -0.39 is 0 Å². The molecule has 0 saturated heterocycles. The van der Waals surface area contributed by atoms with Crippen LogP contribution >= 0.6 is 11.3 Å². The molecule has 2 heterocycles. The van der Waals surface area contributed by atoms with Crippen molar-refractivity contribution in [2.75, 3.05) is 7.11 Å². The summed E-state index contributed by atoms with van der Waals surface area (Å²) < 4.78 is 10.8. The van der Waals surface area contributed by atoms with Gasteiger partial charge in [-0.05, 0) is 18.9 Å². The van der Waals surface area contributed by atoms with Crippen molar-refractivity contribution in [1.82, 2.24) is 9.97 Å². The van der Waals surface area contributed by atoms with Gasteiger partial charge < -0.3 is 9.47 Å². The van der Waals surface area contributed by atoms with Crippen LogP contribution < -0.4 is 4.74 Å². The predicted molar refractivity (Wildman–Crippen MR) is 73.4 cm³/mol. The van der Waals surface area contributed by atoms with Crippen LogP contribution in [0.1, 0.15) is 35.2 Å². The molecule has 2 aromatic heterocycles. The predicted octanol–water partition coefficient (Wildman–Crippen LogP) is 3.14. The first-order chi connectivity index (χ1) is 9.35. The minimum Gasteiger partial charge on any atom is -0.487 e. The van der Waals surface area contributed by atoms with Gasteiger partial charge in [0, 0.05) is 36.4 Å². The third-order valence-electron chi connectivity index (χ3n) is 3.00. The molecule has 19 heavy (non-hydrogen) atoms. The Morgan fingerprint density at radius 3 is 3.05 bits per heavy atom. The van der Waals surface area contributed by atoms with Gasteiger partial charge in [-0.2, -0.15) is 0 Å². The van der Waals surface area contributed by atoms with Crippen LogP contribution in [0.4, 0.5) is 0 Å². The molecule has 100 valence electrons. The van der Waals surface area contributed by atoms with Crippen molar-refractivity contribution in [2.24, 2.45) is 0 Å². The van der Waals surface area contributed by atoms with Crippen LogP contribution in [0.15, 0.2) is 23.7 Å². The molecule has 0 bridgehead atoms. The second-order valence-electron chi connectivity index (χ2n) is 4.64. The summed E-state index contributed by atoms with van der Waals surface area (Å²) in [6.45, 7) is 1.06. The first-order valence-electron chi connectivity index (χ1n) is 6.36. The monoisotopic (exact) mass is 276 g/mol. The maximum Gasteiger partial charge on any atom is 0.131 e. The fourth-order valence-corrected chi connectivity index (χ4v) is 2.63. The summed E-state index contributed by atoms with van der Waals surface area (Å²) in [5, 5.41) is 2.99. The Labute approximate surface area is 116 Å². The highest BCUT2D eigenvalue weighted by Gasteiger charge is 2.25. The molecule has 1 aliphatic carbocycles. The lowest BCUT2D eigenvalue weighted by Crippen LogP contribution is -1.98. The minimum atomic E-state index is 0.494. The molecule has 0 atom stereocenters. The maximum absolute atomic E-state index is 5.77. The Morgan fingerprint density at radius 2 is 2.26 bits per heavy atom. The summed E-state index contributed by atoms with van der Waals surface area (Å²) in [6, 6.07) is 3.94. The number of hydrogen-bond donors (Lipinski definition) is 0. The molecule has 3 rings (SSSR count). The number of rotatable bonds is 6. The normalized spacial score (nSPS) is 14.6. The summed E-state index contributed by atoms with van der Waals surface area (Å²) in [5.74, 6) is 1.52. The van der Waals surface area contributed by atoms with Gasteiger partial charge in [-0.3, -0.25) is 4.98 Å². The van der Waals surface area contributed by atoms with Crippen LogP contribution in [-0.4, -0.2) is 17.1 Å². The lowest BCUT2D eigenvalue weighted by Gasteiger charge is -2.05. The van der Waals surface area contributed by atoms with Crippen molar-refractivity contribution in [1.29, 1.82) is 0 Å². The van der Waals surface area contributed by atoms with Crippen molar-refractivity contribution in [3.8, 4) is 5.75 Å². The van der Waals surface area contributed by atoms with Crippen molar-refractivity contribution >= 4 is 11.3 Å². The molecule has 0 aromatic carbocycles. The summed E-state index contributed by atoms with van der Waals surface area (Å²) in [5.41, 5.74) is 2.10. The van der Waals surface area contributed by atoms with Gasteiger partial charge in [-0.25, -0.2) is 4.98 Å². The Kier molecular flexibility index (Phi) is 3.75. The molecule has 0 spiro atoms. The van der Waals surface area contributed by atoms with E-state index in [4.69, 9.17) is 9.47 Å². The first kappa shape index (κ1) is 12.6. The minimum absolute atomic E-state index is 0.494. The highest BCUT2D eigenvalue weighted by atomic mass is 32.1. The van der Waals surface area contributed by atoms with Crippen molar-refractivity contribution in [3.05, 3.63) is 40.1 Å². The summed E-state index contributed by atoms with van der Waals surface area (Å²) in [4.78, 5) is 8.81. The van der Waals surface area contributed by atoms with Gasteiger partial charge >= 0.3 is 0 Å². The molecule has 0 aliphatic heterocycles. The zero-order valence-electron chi connectivity index (χ0n) is 10.8. The van der Waals surface area contributed by atoms with E-state index in [2.05, 4.69) is 9.97 Å². The Balaban J connectivity index is 1.59. The van der Waals surface area contributed by atoms with Gasteiger partial charge in [0.1, 0.15) is 17.4 Å². The maximum atomic E-state index is 5.77. The number of thiazole rings is 1. The number of hydrogen-bond acceptors (Lipinski definition) is 5. The van der Waals surface area contributed by atoms with E-state index in [0.29, 0.717) is 19.1 Å². The standard InChI is InChI=1S/C14H16N2O2S/c1-17-8-14-16-11(9-19-14)7-18-12-4-5-15-13(6-12)10-2-3-10/h4-6,9-10H,2-3,7-8H2,1H3. The van der Waals surface area contributed by atoms with Crippen LogP contribution in [0.3, 0.4) is 0 Å². The molecule has 1 fully saturated rings. The molecule has 2 aromatic rings. The number of aromatic nitrogens is 2. The van der Waals surface area contributed by atoms with E-state index in [0.717, 1.165) is 22.1 Å². The average Bonchev–Trinajstić information content (AvgIpc) is 3.19. The Morgan fingerprint density at radius 1 is 1.37 bits per heavy atom. The van der Waals surface area contributed by atoms with Crippen LogP contribution in [-0.2, 0) is 18.0 Å². The largest absolute Gasteiger partial charge is 0.487 e. The Hall–Kier alpha value is -1.46. The van der Waals surface area contributed by atoms with Gasteiger partial charge in [-0.15, -0.1) is 11.3 Å². The van der Waals surface area contributed by atoms with Crippen LogP contribution in [0.5, 0.6) is 5.75 Å². The third kappa shape index (κ3) is 3.30. The topological polar surface area (TPSA) is 44.2 Å². The molecule has 1 saturated carbocycles. The molecule has 0 N–H and O–H groups in total. The zero-order chi connectivity index (χ0) is 13.1. The van der Waals surface area contributed by atoms with E-state index in [1.807, 2.05) is 23.7 Å². The van der Waals surface area contributed by atoms with E-state index in [-0.39, 0.29) is 0 Å². The molecule has 4 nitrogen and oxygen atoms in total. The average molecular weight is 276 g/mol. The summed E-state index contributed by atoms with van der Waals surface area (Å²) >= 11 is 1.60. The second-order valence-corrected chi connectivity index (χ2v) is 5.59. The molecular weight excluding hydrogens is 260 g/mol. The van der Waals surface area contributed by atoms with E-state index in [1.54, 1.807) is 18.4 Å². The summed E-state index contributed by atoms with van der Waals surface area (Å²) in [7, 11) is 1.67. The van der Waals surface area contributed by atoms with Gasteiger partial charge in [0.05, 0.1) is 12.3 Å². The van der Waals surface area contributed by atoms with Crippen molar-refractivity contribution in [2.45, 2.75) is 32.0 Å². The molecule has 0 amide bonds. The van der Waals surface area contributed by atoms with E-state index >= 15 is 0 Å². The third-order valence-corrected chi connectivity index (χ3v) is 3.87. The number of pyridine rings is 1. The first-order valence-corrected chi connectivity index (χ1v) is 7.24. The highest BCUT2D eigenvalue weighted by molar-refractivity contribution is 7.09. The van der Waals surface area contributed by atoms with Gasteiger partial charge in [-0.1, -0.05) is 0 Å². The van der Waals surface area contributed by atoms with E-state index in [9.17, 15) is 0 Å². The van der Waals surface area contributed by atoms with Crippen molar-refractivity contribution in [3.63, 3.8) is 0 Å². The smallest absolute Gasteiger partial charge is 0.131 e. The van der Waals surface area contributed by atoms with Gasteiger partial charge in [0.25, 0.3) is 0 Å². The van der Waals surface area contributed by atoms with Gasteiger partial charge in [0.2, 0.25) is 0 Å². The van der Waals surface area contributed by atoms with Gasteiger partial charge in [0.15, 0.2) is 0 Å². The summed E-state index contributed by atoms with van der Waals surface area (Å²) in [6.07, 6.45) is 4.33. The van der Waals surface area contributed by atoms with E-state index in [1.165, 1.54) is 12.8 Å². The Bertz CT molecular complexity index is 552. The zero-order valence-corrected chi connectivity index (χ0v) is 11.7. The number of nitrogens with zero attached hydrogens (tertiary/aromatic N) is 2. The highest BCUT2D eigenvalue weighted by Crippen LogP contribution is 2.39. The molecule has 1 aliphatic rings. The number of ether oxygens (including phenoxy) is 2. The SMILES string of the molecule is COCc1nc(COc2ccnc(C3CC3)c2)cs1. The van der Waals surface area contributed by atoms with Crippen molar-refractivity contribution < 1.29 is 9.47 Å².